The van der Waals surface area contributed by atoms with Crippen LogP contribution in [-0.4, -0.2) is 23.5 Å². The number of anilines is 1. The molecule has 0 saturated heterocycles. The van der Waals surface area contributed by atoms with Gasteiger partial charge in [0.15, 0.2) is 0 Å². The topological polar surface area (TPSA) is 92.4 Å². The summed E-state index contributed by atoms with van der Waals surface area (Å²) in [5.41, 5.74) is 5.92. The Kier molecular flexibility index (Phi) is 6.36. The van der Waals surface area contributed by atoms with Crippen LogP contribution in [-0.2, 0) is 4.79 Å². The summed E-state index contributed by atoms with van der Waals surface area (Å²) in [6.45, 7) is 4.72. The molecule has 0 unspecified atom stereocenters. The van der Waals surface area contributed by atoms with Gasteiger partial charge in [0.25, 0.3) is 0 Å². The fourth-order valence-corrected chi connectivity index (χ4v) is 2.34. The molecule has 6 heteroatoms. The zero-order chi connectivity index (χ0) is 16.0. The molecule has 0 fully saturated rings. The number of carboxylic acid groups (broad SMARTS) is 1. The van der Waals surface area contributed by atoms with Crippen molar-refractivity contribution in [3.8, 4) is 0 Å². The maximum atomic E-state index is 12.0. The second-order valence-corrected chi connectivity index (χ2v) is 6.66. The fraction of sp³-hybridized carbons (Fsp3) is 0.467. The van der Waals surface area contributed by atoms with Gasteiger partial charge in [-0.15, -0.1) is 0 Å². The van der Waals surface area contributed by atoms with Crippen LogP contribution in [0.4, 0.5) is 5.69 Å². The van der Waals surface area contributed by atoms with E-state index in [0.29, 0.717) is 29.5 Å². The summed E-state index contributed by atoms with van der Waals surface area (Å²) in [6, 6.07) is 4.74. The summed E-state index contributed by atoms with van der Waals surface area (Å²) in [5.74, 6) is -1.26. The van der Waals surface area contributed by atoms with Crippen molar-refractivity contribution in [1.29, 1.82) is 0 Å². The lowest BCUT2D eigenvalue weighted by Gasteiger charge is -2.23. The van der Waals surface area contributed by atoms with E-state index in [1.807, 2.05) is 0 Å². The lowest BCUT2D eigenvalue weighted by Crippen LogP contribution is -2.21. The van der Waals surface area contributed by atoms with Crippen LogP contribution in [0.5, 0.6) is 0 Å². The molecular formula is C15H21BrN2O3. The van der Waals surface area contributed by atoms with Crippen LogP contribution in [0.2, 0.25) is 0 Å². The number of carboxylic acids is 1. The van der Waals surface area contributed by atoms with Crippen molar-refractivity contribution in [3.05, 3.63) is 28.2 Å². The monoisotopic (exact) mass is 356 g/mol. The average Bonchev–Trinajstić information content (AvgIpc) is 2.38. The van der Waals surface area contributed by atoms with E-state index in [1.165, 1.54) is 6.07 Å². The maximum absolute atomic E-state index is 12.0. The molecule has 0 spiro atoms. The van der Waals surface area contributed by atoms with Crippen molar-refractivity contribution >= 4 is 33.5 Å². The van der Waals surface area contributed by atoms with E-state index in [9.17, 15) is 9.59 Å². The van der Waals surface area contributed by atoms with Crippen LogP contribution < -0.4 is 11.1 Å². The molecule has 21 heavy (non-hydrogen) atoms. The minimum atomic E-state index is -1.07. The normalized spacial score (nSPS) is 11.2. The molecule has 5 nitrogen and oxygen atoms in total. The maximum Gasteiger partial charge on any atom is 0.337 e. The van der Waals surface area contributed by atoms with Gasteiger partial charge >= 0.3 is 5.97 Å². The number of nitrogens with two attached hydrogens (primary N) is 1. The minimum Gasteiger partial charge on any atom is -0.478 e. The predicted octanol–water partition coefficient (Wildman–Crippen LogP) is 3.24. The molecule has 0 bridgehead atoms. The number of carbonyl (C=O) groups is 2. The first-order valence-electron chi connectivity index (χ1n) is 6.78. The van der Waals surface area contributed by atoms with Crippen molar-refractivity contribution in [2.24, 2.45) is 11.1 Å². The molecular weight excluding hydrogens is 336 g/mol. The van der Waals surface area contributed by atoms with E-state index < -0.39 is 5.97 Å². The highest BCUT2D eigenvalue weighted by Crippen LogP contribution is 2.27. The van der Waals surface area contributed by atoms with E-state index in [2.05, 4.69) is 35.1 Å². The van der Waals surface area contributed by atoms with Crippen molar-refractivity contribution in [2.45, 2.75) is 33.1 Å². The largest absolute Gasteiger partial charge is 0.478 e. The Bertz CT molecular complexity index is 530. The third kappa shape index (κ3) is 5.85. The van der Waals surface area contributed by atoms with Crippen LogP contribution in [0.25, 0.3) is 0 Å². The molecule has 0 radical (unpaired) electrons. The van der Waals surface area contributed by atoms with Gasteiger partial charge in [0.1, 0.15) is 0 Å². The SMILES string of the molecule is CC(C)(CCN)CCC(=O)Nc1ccc(Br)cc1C(=O)O. The molecule has 0 heterocycles. The molecule has 0 aliphatic rings. The van der Waals surface area contributed by atoms with Crippen molar-refractivity contribution in [3.63, 3.8) is 0 Å². The Labute approximate surface area is 133 Å². The zero-order valence-corrected chi connectivity index (χ0v) is 13.9. The van der Waals surface area contributed by atoms with Crippen LogP contribution in [0.3, 0.4) is 0 Å². The number of nitrogens with one attached hydrogen (secondary N) is 1. The lowest BCUT2D eigenvalue weighted by atomic mass is 9.84. The van der Waals surface area contributed by atoms with E-state index in [-0.39, 0.29) is 16.9 Å². The van der Waals surface area contributed by atoms with Gasteiger partial charge in [-0.2, -0.15) is 0 Å². The highest BCUT2D eigenvalue weighted by Gasteiger charge is 2.19. The van der Waals surface area contributed by atoms with Gasteiger partial charge < -0.3 is 16.2 Å². The number of aromatic carboxylic acids is 1. The highest BCUT2D eigenvalue weighted by atomic mass is 79.9. The van der Waals surface area contributed by atoms with Gasteiger partial charge in [-0.25, -0.2) is 4.79 Å². The second kappa shape index (κ2) is 7.56. The Balaban J connectivity index is 2.69. The van der Waals surface area contributed by atoms with Gasteiger partial charge in [-0.1, -0.05) is 29.8 Å². The van der Waals surface area contributed by atoms with E-state index >= 15 is 0 Å². The first-order chi connectivity index (χ1) is 9.75. The molecule has 0 aliphatic carbocycles. The first-order valence-corrected chi connectivity index (χ1v) is 7.57. The van der Waals surface area contributed by atoms with Gasteiger partial charge in [-0.05, 0) is 43.0 Å². The smallest absolute Gasteiger partial charge is 0.337 e. The molecule has 1 aromatic rings. The number of hydrogen-bond acceptors (Lipinski definition) is 3. The number of amides is 1. The Morgan fingerprint density at radius 1 is 1.33 bits per heavy atom. The third-order valence-corrected chi connectivity index (χ3v) is 3.83. The predicted molar refractivity (Wildman–Crippen MR) is 86.4 cm³/mol. The molecule has 0 saturated carbocycles. The molecule has 116 valence electrons. The standard InChI is InChI=1S/C15H21BrN2O3/c1-15(2,7-8-17)6-5-13(19)18-12-4-3-10(16)9-11(12)14(20)21/h3-4,9H,5-8,17H2,1-2H3,(H,18,19)(H,20,21). The zero-order valence-electron chi connectivity index (χ0n) is 12.3. The van der Waals surface area contributed by atoms with E-state index in [0.717, 1.165) is 6.42 Å². The van der Waals surface area contributed by atoms with Crippen LogP contribution in [0, 0.1) is 5.41 Å². The molecule has 1 aromatic carbocycles. The number of benzene rings is 1. The van der Waals surface area contributed by atoms with Crippen molar-refractivity contribution < 1.29 is 14.7 Å². The number of rotatable bonds is 7. The summed E-state index contributed by atoms with van der Waals surface area (Å²) in [7, 11) is 0. The second-order valence-electron chi connectivity index (χ2n) is 5.75. The summed E-state index contributed by atoms with van der Waals surface area (Å²) >= 11 is 3.22. The number of halogens is 1. The first kappa shape index (κ1) is 17.7. The van der Waals surface area contributed by atoms with Crippen molar-refractivity contribution in [2.75, 3.05) is 11.9 Å². The van der Waals surface area contributed by atoms with Crippen molar-refractivity contribution in [1.82, 2.24) is 0 Å². The Morgan fingerprint density at radius 3 is 2.57 bits per heavy atom. The summed E-state index contributed by atoms with van der Waals surface area (Å²) in [4.78, 5) is 23.1. The number of carbonyl (C=O) groups excluding carboxylic acids is 1. The average molecular weight is 357 g/mol. The Hall–Kier alpha value is -1.40. The molecule has 0 aromatic heterocycles. The van der Waals surface area contributed by atoms with Gasteiger partial charge in [0.05, 0.1) is 11.3 Å². The summed E-state index contributed by atoms with van der Waals surface area (Å²) < 4.78 is 0.655. The van der Waals surface area contributed by atoms with Crippen LogP contribution in [0.15, 0.2) is 22.7 Å². The molecule has 0 aliphatic heterocycles. The quantitative estimate of drug-likeness (QED) is 0.699. The molecule has 0 atom stereocenters. The van der Waals surface area contributed by atoms with Crippen LogP contribution >= 0.6 is 15.9 Å². The molecule has 4 N–H and O–H groups in total. The molecule has 1 amide bonds. The summed E-state index contributed by atoms with van der Waals surface area (Å²) in [5, 5.41) is 11.8. The van der Waals surface area contributed by atoms with Gasteiger partial charge in [0, 0.05) is 10.9 Å². The summed E-state index contributed by atoms with van der Waals surface area (Å²) in [6.07, 6.45) is 1.88. The lowest BCUT2D eigenvalue weighted by molar-refractivity contribution is -0.116. The number of hydrogen-bond donors (Lipinski definition) is 3. The van der Waals surface area contributed by atoms with Crippen LogP contribution in [0.1, 0.15) is 43.5 Å². The third-order valence-electron chi connectivity index (χ3n) is 3.34. The van der Waals surface area contributed by atoms with E-state index in [4.69, 9.17) is 10.8 Å². The minimum absolute atomic E-state index is 0.00142. The van der Waals surface area contributed by atoms with E-state index in [1.54, 1.807) is 12.1 Å². The molecule has 1 rings (SSSR count). The Morgan fingerprint density at radius 2 is 2.00 bits per heavy atom. The highest BCUT2D eigenvalue weighted by molar-refractivity contribution is 9.10. The fourth-order valence-electron chi connectivity index (χ4n) is 1.98. The van der Waals surface area contributed by atoms with Gasteiger partial charge in [0.2, 0.25) is 5.91 Å². The van der Waals surface area contributed by atoms with Gasteiger partial charge in [-0.3, -0.25) is 4.79 Å².